The number of fused-ring (bicyclic) bond motifs is 3. The maximum absolute atomic E-state index is 11.8. The quantitative estimate of drug-likeness (QED) is 0.282. The van der Waals surface area contributed by atoms with Crippen LogP contribution < -0.4 is 5.32 Å². The van der Waals surface area contributed by atoms with Gasteiger partial charge in [-0.05, 0) is 17.7 Å². The number of pyridine rings is 1. The molecule has 0 aliphatic heterocycles. The molecule has 2 aromatic heterocycles. The van der Waals surface area contributed by atoms with E-state index in [0.29, 0.717) is 12.2 Å². The average Bonchev–Trinajstić information content (AvgIpc) is 3.12. The second-order valence-corrected chi connectivity index (χ2v) is 7.94. The second kappa shape index (κ2) is 9.72. The molecule has 2 heterocycles. The number of aromatic nitrogens is 2. The summed E-state index contributed by atoms with van der Waals surface area (Å²) in [5.41, 5.74) is 3.14. The number of carbonyl (C=O) groups is 3. The summed E-state index contributed by atoms with van der Waals surface area (Å²) in [7, 11) is 0. The minimum absolute atomic E-state index is 0.106. The first-order chi connectivity index (χ1) is 16.3. The van der Waals surface area contributed by atoms with E-state index in [4.69, 9.17) is 5.11 Å². The van der Waals surface area contributed by atoms with Crippen LogP contribution in [0.4, 0.5) is 0 Å². The summed E-state index contributed by atoms with van der Waals surface area (Å²) in [5.74, 6) is -3.65. The molecule has 9 nitrogen and oxygen atoms in total. The fraction of sp³-hybridized carbons (Fsp3) is 0.200. The van der Waals surface area contributed by atoms with Gasteiger partial charge in [-0.3, -0.25) is 9.59 Å². The number of hydrogen-bond donors (Lipinski definition) is 4. The Hall–Kier alpha value is -4.24. The van der Waals surface area contributed by atoms with Crippen molar-refractivity contribution in [2.45, 2.75) is 25.4 Å². The first kappa shape index (κ1) is 22.9. The number of benzene rings is 2. The minimum Gasteiger partial charge on any atom is -0.481 e. The van der Waals surface area contributed by atoms with Gasteiger partial charge in [0, 0.05) is 35.8 Å². The van der Waals surface area contributed by atoms with Crippen LogP contribution in [-0.4, -0.2) is 55.4 Å². The van der Waals surface area contributed by atoms with Crippen molar-refractivity contribution in [2.24, 2.45) is 0 Å². The van der Waals surface area contributed by atoms with Gasteiger partial charge in [0.15, 0.2) is 0 Å². The van der Waals surface area contributed by atoms with Crippen LogP contribution in [0, 0.1) is 0 Å². The zero-order valence-corrected chi connectivity index (χ0v) is 18.1. The molecule has 0 radical (unpaired) electrons. The SMILES string of the molecule is O=C(O)C[C@@H](NCCc1nc(C(=O)O)cc2c3ccccc3n(Cc3ccccc3)c12)C(=O)O. The van der Waals surface area contributed by atoms with Crippen molar-refractivity contribution >= 4 is 39.7 Å². The summed E-state index contributed by atoms with van der Waals surface area (Å²) < 4.78 is 2.08. The van der Waals surface area contributed by atoms with Gasteiger partial charge in [0.2, 0.25) is 0 Å². The van der Waals surface area contributed by atoms with Gasteiger partial charge in [0.05, 0.1) is 17.6 Å². The highest BCUT2D eigenvalue weighted by atomic mass is 16.4. The van der Waals surface area contributed by atoms with E-state index in [1.54, 1.807) is 6.07 Å². The predicted molar refractivity (Wildman–Crippen MR) is 125 cm³/mol. The first-order valence-electron chi connectivity index (χ1n) is 10.7. The Balaban J connectivity index is 1.80. The second-order valence-electron chi connectivity index (χ2n) is 7.94. The number of carboxylic acid groups (broad SMARTS) is 3. The summed E-state index contributed by atoms with van der Waals surface area (Å²) in [5, 5.41) is 32.3. The number of nitrogens with one attached hydrogen (secondary N) is 1. The lowest BCUT2D eigenvalue weighted by Crippen LogP contribution is -2.39. The summed E-state index contributed by atoms with van der Waals surface area (Å²) >= 11 is 0. The van der Waals surface area contributed by atoms with Crippen LogP contribution in [-0.2, 0) is 22.6 Å². The van der Waals surface area contributed by atoms with Crippen molar-refractivity contribution in [3.05, 3.63) is 77.6 Å². The van der Waals surface area contributed by atoms with Crippen LogP contribution in [0.3, 0.4) is 0 Å². The van der Waals surface area contributed by atoms with Crippen molar-refractivity contribution in [3.63, 3.8) is 0 Å². The number of aliphatic carboxylic acids is 2. The number of rotatable bonds is 10. The van der Waals surface area contributed by atoms with Crippen LogP contribution >= 0.6 is 0 Å². The molecule has 9 heteroatoms. The molecule has 0 saturated heterocycles. The third-order valence-corrected chi connectivity index (χ3v) is 5.65. The van der Waals surface area contributed by atoms with E-state index >= 15 is 0 Å². The topological polar surface area (TPSA) is 142 Å². The van der Waals surface area contributed by atoms with E-state index in [1.807, 2.05) is 54.6 Å². The molecule has 0 saturated carbocycles. The highest BCUT2D eigenvalue weighted by molar-refractivity contribution is 6.10. The van der Waals surface area contributed by atoms with Gasteiger partial charge >= 0.3 is 17.9 Å². The largest absolute Gasteiger partial charge is 0.481 e. The minimum atomic E-state index is -1.27. The molecule has 34 heavy (non-hydrogen) atoms. The summed E-state index contributed by atoms with van der Waals surface area (Å²) in [6.45, 7) is 0.651. The number of para-hydroxylation sites is 1. The van der Waals surface area contributed by atoms with Crippen LogP contribution in [0.25, 0.3) is 21.8 Å². The molecule has 4 aromatic rings. The fourth-order valence-electron chi connectivity index (χ4n) is 4.16. The summed E-state index contributed by atoms with van der Waals surface area (Å²) in [6, 6.07) is 17.8. The fourth-order valence-corrected chi connectivity index (χ4v) is 4.16. The molecule has 0 fully saturated rings. The van der Waals surface area contributed by atoms with Gasteiger partial charge in [-0.15, -0.1) is 0 Å². The first-order valence-corrected chi connectivity index (χ1v) is 10.7. The Labute approximate surface area is 194 Å². The van der Waals surface area contributed by atoms with Gasteiger partial charge in [-0.1, -0.05) is 48.5 Å². The maximum Gasteiger partial charge on any atom is 0.354 e. The smallest absolute Gasteiger partial charge is 0.354 e. The Kier molecular flexibility index (Phi) is 6.55. The van der Waals surface area contributed by atoms with Crippen LogP contribution in [0.5, 0.6) is 0 Å². The van der Waals surface area contributed by atoms with E-state index in [-0.39, 0.29) is 18.7 Å². The average molecular weight is 461 g/mol. The van der Waals surface area contributed by atoms with Crippen LogP contribution in [0.2, 0.25) is 0 Å². The number of nitrogens with zero attached hydrogens (tertiary/aromatic N) is 2. The molecule has 4 rings (SSSR count). The van der Waals surface area contributed by atoms with Gasteiger partial charge in [-0.2, -0.15) is 0 Å². The molecular weight excluding hydrogens is 438 g/mol. The van der Waals surface area contributed by atoms with Gasteiger partial charge in [0.25, 0.3) is 0 Å². The van der Waals surface area contributed by atoms with Crippen molar-refractivity contribution in [3.8, 4) is 0 Å². The Morgan fingerprint density at radius 1 is 0.941 bits per heavy atom. The van der Waals surface area contributed by atoms with Gasteiger partial charge in [0.1, 0.15) is 11.7 Å². The molecule has 0 aliphatic rings. The van der Waals surface area contributed by atoms with Crippen LogP contribution in [0.15, 0.2) is 60.7 Å². The molecule has 174 valence electrons. The third kappa shape index (κ3) is 4.74. The molecule has 1 atom stereocenters. The molecule has 0 spiro atoms. The molecule has 0 bridgehead atoms. The molecule has 4 N–H and O–H groups in total. The monoisotopic (exact) mass is 461 g/mol. The van der Waals surface area contributed by atoms with E-state index in [1.165, 1.54) is 0 Å². The molecule has 2 aromatic carbocycles. The number of carboxylic acids is 3. The highest BCUT2D eigenvalue weighted by Gasteiger charge is 2.22. The van der Waals surface area contributed by atoms with E-state index in [2.05, 4.69) is 14.9 Å². The van der Waals surface area contributed by atoms with Gasteiger partial charge in [-0.25, -0.2) is 9.78 Å². The molecule has 0 unspecified atom stereocenters. The Morgan fingerprint density at radius 3 is 2.32 bits per heavy atom. The molecule has 0 aliphatic carbocycles. The van der Waals surface area contributed by atoms with Crippen molar-refractivity contribution in [2.75, 3.05) is 6.54 Å². The Morgan fingerprint density at radius 2 is 1.65 bits per heavy atom. The normalized spacial score (nSPS) is 12.1. The van der Waals surface area contributed by atoms with Crippen molar-refractivity contribution in [1.29, 1.82) is 0 Å². The lowest BCUT2D eigenvalue weighted by atomic mass is 10.1. The highest BCUT2D eigenvalue weighted by Crippen LogP contribution is 2.32. The number of hydrogen-bond acceptors (Lipinski definition) is 5. The van der Waals surface area contributed by atoms with Crippen molar-refractivity contribution < 1.29 is 29.7 Å². The predicted octanol–water partition coefficient (Wildman–Crippen LogP) is 3.00. The standard InChI is InChI=1S/C25H23N3O6/c29-22(30)13-19(24(31)32)26-11-10-18-23-17(12-20(27-18)25(33)34)16-8-4-5-9-21(16)28(23)14-15-6-2-1-3-7-15/h1-9,12,19,26H,10-11,13-14H2,(H,29,30)(H,31,32)(H,33,34)/t19-/m1/s1. The van der Waals surface area contributed by atoms with Crippen LogP contribution in [0.1, 0.15) is 28.2 Å². The van der Waals surface area contributed by atoms with Crippen molar-refractivity contribution in [1.82, 2.24) is 14.9 Å². The molecule has 0 amide bonds. The van der Waals surface area contributed by atoms with E-state index in [0.717, 1.165) is 27.4 Å². The summed E-state index contributed by atoms with van der Waals surface area (Å²) in [6.07, 6.45) is -0.353. The van der Waals surface area contributed by atoms with Gasteiger partial charge < -0.3 is 25.2 Å². The number of aromatic carboxylic acids is 1. The zero-order chi connectivity index (χ0) is 24.2. The Bertz CT molecular complexity index is 1380. The summed E-state index contributed by atoms with van der Waals surface area (Å²) in [4.78, 5) is 38.5. The lowest BCUT2D eigenvalue weighted by molar-refractivity contribution is -0.145. The van der Waals surface area contributed by atoms with E-state index in [9.17, 15) is 24.6 Å². The zero-order valence-electron chi connectivity index (χ0n) is 18.1. The third-order valence-electron chi connectivity index (χ3n) is 5.65. The maximum atomic E-state index is 11.8. The van der Waals surface area contributed by atoms with E-state index < -0.39 is 30.4 Å². The lowest BCUT2D eigenvalue weighted by Gasteiger charge is -2.14. The molecular formula is C25H23N3O6.